The number of aryl methyl sites for hydroxylation is 2. The third-order valence-electron chi connectivity index (χ3n) is 4.67. The number of hydrogen-bond donors (Lipinski definition) is 1. The highest BCUT2D eigenvalue weighted by atomic mass is 35.5. The Morgan fingerprint density at radius 2 is 1.96 bits per heavy atom. The van der Waals surface area contributed by atoms with E-state index in [0.29, 0.717) is 11.6 Å². The van der Waals surface area contributed by atoms with Crippen molar-refractivity contribution >= 4 is 34.8 Å². The van der Waals surface area contributed by atoms with E-state index in [4.69, 9.17) is 11.6 Å². The van der Waals surface area contributed by atoms with Gasteiger partial charge in [0.25, 0.3) is 0 Å². The number of rotatable bonds is 3. The molecule has 0 aromatic heterocycles. The number of carbonyl (C=O) groups excluding carboxylic acids is 2. The van der Waals surface area contributed by atoms with Gasteiger partial charge in [-0.15, -0.1) is 0 Å². The maximum atomic E-state index is 12.6. The Kier molecular flexibility index (Phi) is 4.82. The first-order chi connectivity index (χ1) is 11.9. The van der Waals surface area contributed by atoms with E-state index in [2.05, 4.69) is 5.32 Å². The molecule has 0 radical (unpaired) electrons. The summed E-state index contributed by atoms with van der Waals surface area (Å²) in [7, 11) is 0. The minimum absolute atomic E-state index is 0.0499. The maximum absolute atomic E-state index is 12.6. The van der Waals surface area contributed by atoms with E-state index in [1.165, 1.54) is 0 Å². The molecule has 130 valence electrons. The van der Waals surface area contributed by atoms with Gasteiger partial charge in [0.05, 0.1) is 5.92 Å². The SMILES string of the molecule is Cc1ccc(NC(=O)[C@H]2CC(=O)N(c3cccc(Cl)c3C)C2)c(C)c1. The molecule has 0 aliphatic carbocycles. The molecular formula is C20H21ClN2O2. The highest BCUT2D eigenvalue weighted by Crippen LogP contribution is 2.32. The summed E-state index contributed by atoms with van der Waals surface area (Å²) >= 11 is 6.16. The Hall–Kier alpha value is -2.33. The van der Waals surface area contributed by atoms with Gasteiger partial charge in [-0.2, -0.15) is 0 Å². The molecule has 1 heterocycles. The predicted octanol–water partition coefficient (Wildman–Crippen LogP) is 4.26. The largest absolute Gasteiger partial charge is 0.326 e. The van der Waals surface area contributed by atoms with Gasteiger partial charge in [0.1, 0.15) is 0 Å². The van der Waals surface area contributed by atoms with Crippen molar-refractivity contribution in [1.82, 2.24) is 0 Å². The average Bonchev–Trinajstić information content (AvgIpc) is 2.94. The summed E-state index contributed by atoms with van der Waals surface area (Å²) in [5.74, 6) is -0.541. The van der Waals surface area contributed by atoms with Gasteiger partial charge in [-0.05, 0) is 50.1 Å². The van der Waals surface area contributed by atoms with Crippen molar-refractivity contribution < 1.29 is 9.59 Å². The van der Waals surface area contributed by atoms with E-state index in [9.17, 15) is 9.59 Å². The fraction of sp³-hybridized carbons (Fsp3) is 0.300. The van der Waals surface area contributed by atoms with Crippen molar-refractivity contribution in [3.05, 3.63) is 58.1 Å². The summed E-state index contributed by atoms with van der Waals surface area (Å²) in [5.41, 5.74) is 4.59. The van der Waals surface area contributed by atoms with Crippen molar-refractivity contribution in [1.29, 1.82) is 0 Å². The van der Waals surface area contributed by atoms with Crippen LogP contribution in [0, 0.1) is 26.7 Å². The zero-order valence-corrected chi connectivity index (χ0v) is 15.4. The second-order valence-corrected chi connectivity index (χ2v) is 7.00. The highest BCUT2D eigenvalue weighted by Gasteiger charge is 2.36. The number of nitrogens with zero attached hydrogens (tertiary/aromatic N) is 1. The van der Waals surface area contributed by atoms with Gasteiger partial charge in [-0.3, -0.25) is 9.59 Å². The summed E-state index contributed by atoms with van der Waals surface area (Å²) in [6.45, 7) is 6.23. The molecule has 1 saturated heterocycles. The molecule has 1 N–H and O–H groups in total. The lowest BCUT2D eigenvalue weighted by Gasteiger charge is -2.20. The van der Waals surface area contributed by atoms with Crippen molar-refractivity contribution in [2.24, 2.45) is 5.92 Å². The van der Waals surface area contributed by atoms with Crippen molar-refractivity contribution in [3.63, 3.8) is 0 Å². The number of amides is 2. The van der Waals surface area contributed by atoms with Crippen molar-refractivity contribution in [3.8, 4) is 0 Å². The summed E-state index contributed by atoms with van der Waals surface area (Å²) in [4.78, 5) is 26.7. The monoisotopic (exact) mass is 356 g/mol. The smallest absolute Gasteiger partial charge is 0.229 e. The summed E-state index contributed by atoms with van der Waals surface area (Å²) in [6.07, 6.45) is 0.211. The van der Waals surface area contributed by atoms with Gasteiger partial charge in [0.15, 0.2) is 0 Å². The van der Waals surface area contributed by atoms with E-state index < -0.39 is 0 Å². The molecule has 1 fully saturated rings. The molecule has 2 amide bonds. The second kappa shape index (κ2) is 6.89. The van der Waals surface area contributed by atoms with Gasteiger partial charge in [-0.1, -0.05) is 35.4 Å². The third kappa shape index (κ3) is 3.54. The molecule has 0 unspecified atom stereocenters. The first kappa shape index (κ1) is 17.5. The molecule has 0 spiro atoms. The van der Waals surface area contributed by atoms with Crippen LogP contribution in [0.4, 0.5) is 11.4 Å². The van der Waals surface area contributed by atoms with Gasteiger partial charge in [0, 0.05) is 29.4 Å². The molecule has 2 aromatic rings. The number of halogens is 1. The van der Waals surface area contributed by atoms with Crippen LogP contribution in [0.1, 0.15) is 23.1 Å². The minimum atomic E-state index is -0.369. The Labute approximate surface area is 152 Å². The molecule has 25 heavy (non-hydrogen) atoms. The van der Waals surface area contributed by atoms with Crippen LogP contribution in [-0.4, -0.2) is 18.4 Å². The first-order valence-electron chi connectivity index (χ1n) is 8.30. The molecule has 2 aromatic carbocycles. The lowest BCUT2D eigenvalue weighted by atomic mass is 10.1. The minimum Gasteiger partial charge on any atom is -0.326 e. The maximum Gasteiger partial charge on any atom is 0.229 e. The van der Waals surface area contributed by atoms with Gasteiger partial charge >= 0.3 is 0 Å². The third-order valence-corrected chi connectivity index (χ3v) is 5.07. The molecule has 0 saturated carbocycles. The zero-order valence-electron chi connectivity index (χ0n) is 14.6. The van der Waals surface area contributed by atoms with Crippen LogP contribution in [0.3, 0.4) is 0 Å². The number of carbonyl (C=O) groups is 2. The highest BCUT2D eigenvalue weighted by molar-refractivity contribution is 6.31. The van der Waals surface area contributed by atoms with Gasteiger partial charge in [-0.25, -0.2) is 0 Å². The lowest BCUT2D eigenvalue weighted by Crippen LogP contribution is -2.28. The molecule has 1 aliphatic rings. The fourth-order valence-corrected chi connectivity index (χ4v) is 3.36. The van der Waals surface area contributed by atoms with Crippen LogP contribution < -0.4 is 10.2 Å². The average molecular weight is 357 g/mol. The Bertz CT molecular complexity index is 848. The van der Waals surface area contributed by atoms with E-state index >= 15 is 0 Å². The topological polar surface area (TPSA) is 49.4 Å². The number of hydrogen-bond acceptors (Lipinski definition) is 2. The summed E-state index contributed by atoms with van der Waals surface area (Å²) in [6, 6.07) is 11.4. The van der Waals surface area contributed by atoms with Crippen LogP contribution in [-0.2, 0) is 9.59 Å². The molecule has 3 rings (SSSR count). The van der Waals surface area contributed by atoms with Crippen LogP contribution in [0.25, 0.3) is 0 Å². The van der Waals surface area contributed by atoms with E-state index in [1.54, 1.807) is 11.0 Å². The van der Waals surface area contributed by atoms with Crippen molar-refractivity contribution in [2.75, 3.05) is 16.8 Å². The van der Waals surface area contributed by atoms with E-state index in [0.717, 1.165) is 28.1 Å². The van der Waals surface area contributed by atoms with Crippen LogP contribution in [0.5, 0.6) is 0 Å². The Balaban J connectivity index is 1.75. The zero-order chi connectivity index (χ0) is 18.1. The number of nitrogens with one attached hydrogen (secondary N) is 1. The van der Waals surface area contributed by atoms with Crippen molar-refractivity contribution in [2.45, 2.75) is 27.2 Å². The van der Waals surface area contributed by atoms with Crippen LogP contribution in [0.15, 0.2) is 36.4 Å². The van der Waals surface area contributed by atoms with E-state index in [-0.39, 0.29) is 24.2 Å². The molecule has 4 nitrogen and oxygen atoms in total. The number of anilines is 2. The second-order valence-electron chi connectivity index (χ2n) is 6.60. The Morgan fingerprint density at radius 1 is 1.20 bits per heavy atom. The normalized spacial score (nSPS) is 17.0. The molecule has 0 bridgehead atoms. The fourth-order valence-electron chi connectivity index (χ4n) is 3.19. The quantitative estimate of drug-likeness (QED) is 0.893. The molecule has 5 heteroatoms. The molecular weight excluding hydrogens is 336 g/mol. The molecule has 1 aliphatic heterocycles. The van der Waals surface area contributed by atoms with Gasteiger partial charge < -0.3 is 10.2 Å². The van der Waals surface area contributed by atoms with Crippen LogP contribution >= 0.6 is 11.6 Å². The van der Waals surface area contributed by atoms with Gasteiger partial charge in [0.2, 0.25) is 11.8 Å². The Morgan fingerprint density at radius 3 is 2.68 bits per heavy atom. The summed E-state index contributed by atoms with van der Waals surface area (Å²) < 4.78 is 0. The summed E-state index contributed by atoms with van der Waals surface area (Å²) in [5, 5.41) is 3.57. The predicted molar refractivity (Wildman–Crippen MR) is 101 cm³/mol. The standard InChI is InChI=1S/C20H21ClN2O2/c1-12-7-8-17(13(2)9-12)22-20(25)15-10-19(24)23(11-15)18-6-4-5-16(21)14(18)3/h4-9,15H,10-11H2,1-3H3,(H,22,25)/t15-/m0/s1. The lowest BCUT2D eigenvalue weighted by molar-refractivity contribution is -0.122. The first-order valence-corrected chi connectivity index (χ1v) is 8.68. The van der Waals surface area contributed by atoms with Crippen LogP contribution in [0.2, 0.25) is 5.02 Å². The molecule has 1 atom stereocenters. The number of benzene rings is 2. The van der Waals surface area contributed by atoms with E-state index in [1.807, 2.05) is 51.1 Å².